The molecule has 0 radical (unpaired) electrons. The van der Waals surface area contributed by atoms with Crippen LogP contribution in [0.15, 0.2) is 46.2 Å². The zero-order chi connectivity index (χ0) is 21.1. The normalized spacial score (nSPS) is 16.2. The van der Waals surface area contributed by atoms with Crippen molar-refractivity contribution in [1.29, 1.82) is 0 Å². The molecule has 0 spiro atoms. The van der Waals surface area contributed by atoms with Gasteiger partial charge in [-0.05, 0) is 25.3 Å². The number of hydrogen-bond donors (Lipinski definition) is 1. The summed E-state index contributed by atoms with van der Waals surface area (Å²) < 4.78 is 9.64. The Kier molecular flexibility index (Phi) is 5.80. The quantitative estimate of drug-likeness (QED) is 0.618. The second-order valence-electron chi connectivity index (χ2n) is 7.39. The molecule has 1 saturated heterocycles. The maximum Gasteiger partial charge on any atom is 0.333 e. The molecule has 1 atom stereocenters. The molecule has 0 saturated carbocycles. The zero-order valence-corrected chi connectivity index (χ0v) is 16.9. The lowest BCUT2D eigenvalue weighted by molar-refractivity contribution is -0.122. The molecule has 3 heterocycles. The van der Waals surface area contributed by atoms with Gasteiger partial charge in [0.2, 0.25) is 5.91 Å². The maximum absolute atomic E-state index is 13.2. The van der Waals surface area contributed by atoms with E-state index in [-0.39, 0.29) is 19.2 Å². The minimum atomic E-state index is -0.551. The summed E-state index contributed by atoms with van der Waals surface area (Å²) in [6, 6.07) is 9.47. The number of aryl methyl sites for hydroxylation is 1. The first kappa shape index (κ1) is 20.1. The highest BCUT2D eigenvalue weighted by Crippen LogP contribution is 2.11. The van der Waals surface area contributed by atoms with Gasteiger partial charge in [0.15, 0.2) is 11.2 Å². The Bertz CT molecular complexity index is 1160. The van der Waals surface area contributed by atoms with Gasteiger partial charge >= 0.3 is 5.69 Å². The van der Waals surface area contributed by atoms with Gasteiger partial charge in [0.05, 0.1) is 19.0 Å². The minimum Gasteiger partial charge on any atom is -0.376 e. The number of aromatic nitrogens is 4. The molecular formula is C21H25N5O4. The van der Waals surface area contributed by atoms with Crippen LogP contribution in [0.3, 0.4) is 0 Å². The van der Waals surface area contributed by atoms with Crippen molar-refractivity contribution in [2.75, 3.05) is 13.2 Å². The number of ether oxygens (including phenoxy) is 1. The second kappa shape index (κ2) is 8.66. The predicted molar refractivity (Wildman–Crippen MR) is 111 cm³/mol. The predicted octanol–water partition coefficient (Wildman–Crippen LogP) is 0.723. The number of imidazole rings is 1. The van der Waals surface area contributed by atoms with Crippen molar-refractivity contribution < 1.29 is 9.53 Å². The average Bonchev–Trinajstić information content (AvgIpc) is 3.43. The van der Waals surface area contributed by atoms with E-state index in [1.165, 1.54) is 4.57 Å². The van der Waals surface area contributed by atoms with Crippen LogP contribution in [0.4, 0.5) is 0 Å². The lowest BCUT2D eigenvalue weighted by Gasteiger charge is -2.14. The number of rotatable bonds is 7. The van der Waals surface area contributed by atoms with E-state index < -0.39 is 17.2 Å². The molecule has 158 valence electrons. The van der Waals surface area contributed by atoms with Gasteiger partial charge in [0.1, 0.15) is 6.54 Å². The van der Waals surface area contributed by atoms with Gasteiger partial charge in [-0.2, -0.15) is 0 Å². The standard InChI is InChI=1S/C21H25N5O4/c1-2-24-14-23-19-18(24)20(28)26(13-17(27)22-11-16-9-6-10-30-16)21(29)25(19)12-15-7-4-3-5-8-15/h3-5,7-8,14,16H,2,6,9-13H2,1H3,(H,22,27). The first-order chi connectivity index (χ1) is 14.6. The number of benzene rings is 1. The fraction of sp³-hybridized carbons (Fsp3) is 0.429. The largest absolute Gasteiger partial charge is 0.376 e. The average molecular weight is 411 g/mol. The van der Waals surface area contributed by atoms with Crippen LogP contribution in [0, 0.1) is 0 Å². The summed E-state index contributed by atoms with van der Waals surface area (Å²) in [5.74, 6) is -0.391. The molecule has 2 aromatic heterocycles. The van der Waals surface area contributed by atoms with E-state index in [9.17, 15) is 14.4 Å². The van der Waals surface area contributed by atoms with Crippen LogP contribution in [0.5, 0.6) is 0 Å². The van der Waals surface area contributed by atoms with Gasteiger partial charge in [0.25, 0.3) is 5.56 Å². The Morgan fingerprint density at radius 2 is 2.03 bits per heavy atom. The Morgan fingerprint density at radius 1 is 1.23 bits per heavy atom. The molecule has 30 heavy (non-hydrogen) atoms. The highest BCUT2D eigenvalue weighted by Gasteiger charge is 2.21. The molecule has 3 aromatic rings. The van der Waals surface area contributed by atoms with Crippen LogP contribution < -0.4 is 16.6 Å². The van der Waals surface area contributed by atoms with E-state index in [0.29, 0.717) is 30.9 Å². The second-order valence-corrected chi connectivity index (χ2v) is 7.39. The van der Waals surface area contributed by atoms with Gasteiger partial charge in [-0.3, -0.25) is 14.2 Å². The number of nitrogens with zero attached hydrogens (tertiary/aromatic N) is 4. The zero-order valence-electron chi connectivity index (χ0n) is 16.9. The molecule has 1 unspecified atom stereocenters. The van der Waals surface area contributed by atoms with Crippen LogP contribution in [-0.2, 0) is 29.2 Å². The third-order valence-electron chi connectivity index (χ3n) is 5.36. The van der Waals surface area contributed by atoms with Crippen LogP contribution in [0.1, 0.15) is 25.3 Å². The van der Waals surface area contributed by atoms with E-state index in [1.807, 2.05) is 37.3 Å². The summed E-state index contributed by atoms with van der Waals surface area (Å²) in [6.45, 7) is 3.41. The van der Waals surface area contributed by atoms with Gasteiger partial charge in [0, 0.05) is 19.7 Å². The smallest absolute Gasteiger partial charge is 0.333 e. The van der Waals surface area contributed by atoms with Crippen molar-refractivity contribution in [2.24, 2.45) is 0 Å². The highest BCUT2D eigenvalue weighted by molar-refractivity contribution is 5.76. The van der Waals surface area contributed by atoms with Gasteiger partial charge in [-0.15, -0.1) is 0 Å². The van der Waals surface area contributed by atoms with Gasteiger partial charge in [-0.25, -0.2) is 14.3 Å². The third-order valence-corrected chi connectivity index (χ3v) is 5.36. The third kappa shape index (κ3) is 3.93. The SMILES string of the molecule is CCn1cnc2c1c(=O)n(CC(=O)NCC1CCCO1)c(=O)n2Cc1ccccc1. The van der Waals surface area contributed by atoms with E-state index in [2.05, 4.69) is 10.3 Å². The summed E-state index contributed by atoms with van der Waals surface area (Å²) in [5, 5.41) is 2.77. The molecule has 1 aliphatic heterocycles. The first-order valence-corrected chi connectivity index (χ1v) is 10.2. The van der Waals surface area contributed by atoms with Gasteiger partial charge in [-0.1, -0.05) is 30.3 Å². The topological polar surface area (TPSA) is 100 Å². The Hall–Kier alpha value is -3.20. The number of carbonyl (C=O) groups is 1. The van der Waals surface area contributed by atoms with E-state index in [0.717, 1.165) is 23.0 Å². The van der Waals surface area contributed by atoms with Crippen molar-refractivity contribution in [1.82, 2.24) is 24.0 Å². The van der Waals surface area contributed by atoms with E-state index in [1.54, 1.807) is 10.9 Å². The fourth-order valence-corrected chi connectivity index (χ4v) is 3.76. The van der Waals surface area contributed by atoms with Crippen molar-refractivity contribution in [3.8, 4) is 0 Å². The number of amides is 1. The summed E-state index contributed by atoms with van der Waals surface area (Å²) in [6.07, 6.45) is 3.41. The van der Waals surface area contributed by atoms with E-state index >= 15 is 0 Å². The molecule has 9 heteroatoms. The molecule has 1 aromatic carbocycles. The summed E-state index contributed by atoms with van der Waals surface area (Å²) in [4.78, 5) is 43.0. The molecule has 4 rings (SSSR count). The molecule has 1 fully saturated rings. The lowest BCUT2D eigenvalue weighted by Crippen LogP contribution is -2.45. The number of nitrogens with one attached hydrogen (secondary N) is 1. The van der Waals surface area contributed by atoms with Crippen LogP contribution in [0.2, 0.25) is 0 Å². The molecule has 1 N–H and O–H groups in total. The number of carbonyl (C=O) groups excluding carboxylic acids is 1. The summed E-state index contributed by atoms with van der Waals surface area (Å²) in [7, 11) is 0. The molecule has 9 nitrogen and oxygen atoms in total. The van der Waals surface area contributed by atoms with Crippen molar-refractivity contribution in [3.05, 3.63) is 63.1 Å². The number of hydrogen-bond acceptors (Lipinski definition) is 5. The first-order valence-electron chi connectivity index (χ1n) is 10.2. The summed E-state index contributed by atoms with van der Waals surface area (Å²) in [5.41, 5.74) is 0.488. The Labute approximate surface area is 172 Å². The maximum atomic E-state index is 13.2. The van der Waals surface area contributed by atoms with Crippen molar-refractivity contribution >= 4 is 17.1 Å². The van der Waals surface area contributed by atoms with Crippen LogP contribution >= 0.6 is 0 Å². The molecule has 1 amide bonds. The van der Waals surface area contributed by atoms with Crippen molar-refractivity contribution in [2.45, 2.75) is 45.5 Å². The van der Waals surface area contributed by atoms with Crippen molar-refractivity contribution in [3.63, 3.8) is 0 Å². The number of fused-ring (bicyclic) bond motifs is 1. The van der Waals surface area contributed by atoms with Crippen LogP contribution in [-0.4, -0.2) is 43.8 Å². The fourth-order valence-electron chi connectivity index (χ4n) is 3.76. The lowest BCUT2D eigenvalue weighted by atomic mass is 10.2. The van der Waals surface area contributed by atoms with Gasteiger partial charge < -0.3 is 14.6 Å². The molecular weight excluding hydrogens is 386 g/mol. The Balaban J connectivity index is 1.70. The van der Waals surface area contributed by atoms with Crippen LogP contribution in [0.25, 0.3) is 11.2 Å². The molecule has 0 bridgehead atoms. The minimum absolute atomic E-state index is 0.00980. The van der Waals surface area contributed by atoms with E-state index in [4.69, 9.17) is 4.74 Å². The molecule has 1 aliphatic rings. The molecule has 0 aliphatic carbocycles. The summed E-state index contributed by atoms with van der Waals surface area (Å²) >= 11 is 0. The Morgan fingerprint density at radius 3 is 2.73 bits per heavy atom. The monoisotopic (exact) mass is 411 g/mol. The highest BCUT2D eigenvalue weighted by atomic mass is 16.5.